The van der Waals surface area contributed by atoms with Gasteiger partial charge in [-0.3, -0.25) is 4.90 Å². The average Bonchev–Trinajstić information content (AvgIpc) is 2.14. The van der Waals surface area contributed by atoms with Crippen molar-refractivity contribution in [3.05, 3.63) is 11.6 Å². The zero-order valence-corrected chi connectivity index (χ0v) is 10.5. The Morgan fingerprint density at radius 1 is 1.47 bits per heavy atom. The van der Waals surface area contributed by atoms with E-state index in [0.717, 1.165) is 32.8 Å². The highest BCUT2D eigenvalue weighted by Crippen LogP contribution is 2.06. The third-order valence-corrected chi connectivity index (χ3v) is 2.55. The first-order valence-electron chi connectivity index (χ1n) is 5.70. The zero-order valence-electron chi connectivity index (χ0n) is 10.5. The van der Waals surface area contributed by atoms with Crippen LogP contribution in [0.3, 0.4) is 0 Å². The first kappa shape index (κ1) is 12.7. The molecule has 0 aromatic carbocycles. The summed E-state index contributed by atoms with van der Waals surface area (Å²) in [4.78, 5) is 4.65. The van der Waals surface area contributed by atoms with Gasteiger partial charge < -0.3 is 9.64 Å². The van der Waals surface area contributed by atoms with Crippen LogP contribution in [0.2, 0.25) is 0 Å². The Kier molecular flexibility index (Phi) is 5.29. The van der Waals surface area contributed by atoms with Gasteiger partial charge in [0.2, 0.25) is 0 Å². The van der Waals surface area contributed by atoms with E-state index in [2.05, 4.69) is 43.8 Å². The van der Waals surface area contributed by atoms with Crippen LogP contribution in [0.25, 0.3) is 0 Å². The molecule has 3 nitrogen and oxygen atoms in total. The van der Waals surface area contributed by atoms with Crippen LogP contribution in [0.1, 0.15) is 13.8 Å². The maximum absolute atomic E-state index is 5.72. The van der Waals surface area contributed by atoms with Gasteiger partial charge in [0.05, 0.1) is 12.7 Å². The summed E-state index contributed by atoms with van der Waals surface area (Å²) >= 11 is 0. The van der Waals surface area contributed by atoms with E-state index in [-0.39, 0.29) is 0 Å². The molecule has 88 valence electrons. The van der Waals surface area contributed by atoms with Crippen molar-refractivity contribution in [1.82, 2.24) is 9.80 Å². The smallest absolute Gasteiger partial charge is 0.0829 e. The van der Waals surface area contributed by atoms with Crippen molar-refractivity contribution in [2.75, 3.05) is 46.9 Å². The van der Waals surface area contributed by atoms with E-state index in [1.54, 1.807) is 0 Å². The topological polar surface area (TPSA) is 15.7 Å². The van der Waals surface area contributed by atoms with E-state index < -0.39 is 0 Å². The summed E-state index contributed by atoms with van der Waals surface area (Å²) in [7, 11) is 4.19. The third kappa shape index (κ3) is 5.30. The highest BCUT2D eigenvalue weighted by atomic mass is 16.5. The molecular formula is C12H24N2O. The lowest BCUT2D eigenvalue weighted by Gasteiger charge is -2.33. The molecule has 0 aromatic heterocycles. The molecule has 0 aliphatic carbocycles. The van der Waals surface area contributed by atoms with Crippen molar-refractivity contribution in [3.8, 4) is 0 Å². The van der Waals surface area contributed by atoms with E-state index in [1.807, 2.05) is 0 Å². The van der Waals surface area contributed by atoms with Gasteiger partial charge in [-0.05, 0) is 27.9 Å². The van der Waals surface area contributed by atoms with Crippen LogP contribution in [0.4, 0.5) is 0 Å². The molecule has 15 heavy (non-hydrogen) atoms. The number of hydrogen-bond donors (Lipinski definition) is 0. The first-order chi connectivity index (χ1) is 7.08. The standard InChI is InChI=1S/C12H24N2O/c1-11(2)5-6-14-7-8-15-12(10-14)9-13(3)4/h5,12H,6-10H2,1-4H3. The Labute approximate surface area is 93.7 Å². The minimum atomic E-state index is 0.374. The molecule has 1 atom stereocenters. The van der Waals surface area contributed by atoms with Gasteiger partial charge >= 0.3 is 0 Å². The van der Waals surface area contributed by atoms with Crippen molar-refractivity contribution in [3.63, 3.8) is 0 Å². The fraction of sp³-hybridized carbons (Fsp3) is 0.833. The minimum Gasteiger partial charge on any atom is -0.374 e. The average molecular weight is 212 g/mol. The van der Waals surface area contributed by atoms with Crippen LogP contribution in [0.15, 0.2) is 11.6 Å². The monoisotopic (exact) mass is 212 g/mol. The molecule has 0 spiro atoms. The van der Waals surface area contributed by atoms with Crippen molar-refractivity contribution in [2.24, 2.45) is 0 Å². The van der Waals surface area contributed by atoms with Crippen LogP contribution < -0.4 is 0 Å². The largest absolute Gasteiger partial charge is 0.374 e. The molecule has 1 rings (SSSR count). The molecule has 0 saturated carbocycles. The van der Waals surface area contributed by atoms with E-state index in [1.165, 1.54) is 5.57 Å². The molecule has 1 fully saturated rings. The number of ether oxygens (including phenoxy) is 1. The predicted octanol–water partition coefficient (Wildman–Crippen LogP) is 1.21. The summed E-state index contributed by atoms with van der Waals surface area (Å²) in [6.45, 7) is 9.38. The summed E-state index contributed by atoms with van der Waals surface area (Å²) in [5, 5.41) is 0. The lowest BCUT2D eigenvalue weighted by molar-refractivity contribution is -0.0344. The third-order valence-electron chi connectivity index (χ3n) is 2.55. The summed E-state index contributed by atoms with van der Waals surface area (Å²) in [5.41, 5.74) is 1.39. The van der Waals surface area contributed by atoms with Crippen LogP contribution in [0, 0.1) is 0 Å². The lowest BCUT2D eigenvalue weighted by atomic mass is 10.2. The summed E-state index contributed by atoms with van der Waals surface area (Å²) in [5.74, 6) is 0. The summed E-state index contributed by atoms with van der Waals surface area (Å²) < 4.78 is 5.72. The molecule has 1 aliphatic heterocycles. The number of allylic oxidation sites excluding steroid dienone is 1. The second-order valence-corrected chi connectivity index (χ2v) is 4.80. The molecule has 1 saturated heterocycles. The lowest BCUT2D eigenvalue weighted by Crippen LogP contribution is -2.46. The van der Waals surface area contributed by atoms with Crippen LogP contribution in [-0.2, 0) is 4.74 Å². The molecule has 0 bridgehead atoms. The fourth-order valence-corrected chi connectivity index (χ4v) is 1.78. The van der Waals surface area contributed by atoms with E-state index in [0.29, 0.717) is 6.10 Å². The molecule has 1 unspecified atom stereocenters. The first-order valence-corrected chi connectivity index (χ1v) is 5.70. The normalized spacial score (nSPS) is 23.1. The number of likely N-dealkylation sites (N-methyl/N-ethyl adjacent to an activating group) is 1. The maximum atomic E-state index is 5.72. The van der Waals surface area contributed by atoms with Crippen molar-refractivity contribution in [2.45, 2.75) is 20.0 Å². The van der Waals surface area contributed by atoms with Gasteiger partial charge in [0, 0.05) is 26.2 Å². The Morgan fingerprint density at radius 3 is 2.80 bits per heavy atom. The van der Waals surface area contributed by atoms with Crippen LogP contribution >= 0.6 is 0 Å². The van der Waals surface area contributed by atoms with Gasteiger partial charge in [0.1, 0.15) is 0 Å². The van der Waals surface area contributed by atoms with Crippen molar-refractivity contribution >= 4 is 0 Å². The molecule has 0 amide bonds. The van der Waals surface area contributed by atoms with Gasteiger partial charge in [-0.25, -0.2) is 0 Å². The molecule has 3 heteroatoms. The number of rotatable bonds is 4. The van der Waals surface area contributed by atoms with Gasteiger partial charge in [-0.1, -0.05) is 11.6 Å². The Hall–Kier alpha value is -0.380. The number of hydrogen-bond acceptors (Lipinski definition) is 3. The second kappa shape index (κ2) is 6.26. The predicted molar refractivity (Wildman–Crippen MR) is 64.2 cm³/mol. The number of morpholine rings is 1. The fourth-order valence-electron chi connectivity index (χ4n) is 1.78. The second-order valence-electron chi connectivity index (χ2n) is 4.80. The highest BCUT2D eigenvalue weighted by molar-refractivity contribution is 4.95. The molecule has 0 radical (unpaired) electrons. The van der Waals surface area contributed by atoms with E-state index in [9.17, 15) is 0 Å². The van der Waals surface area contributed by atoms with Gasteiger partial charge in [-0.15, -0.1) is 0 Å². The number of nitrogens with zero attached hydrogens (tertiary/aromatic N) is 2. The SMILES string of the molecule is CC(C)=CCN1CCOC(CN(C)C)C1. The highest BCUT2D eigenvalue weighted by Gasteiger charge is 2.19. The van der Waals surface area contributed by atoms with E-state index in [4.69, 9.17) is 4.74 Å². The van der Waals surface area contributed by atoms with Crippen LogP contribution in [0.5, 0.6) is 0 Å². The van der Waals surface area contributed by atoms with Crippen LogP contribution in [-0.4, -0.2) is 62.8 Å². The Balaban J connectivity index is 2.32. The molecule has 0 aromatic rings. The summed E-state index contributed by atoms with van der Waals surface area (Å²) in [6, 6.07) is 0. The maximum Gasteiger partial charge on any atom is 0.0829 e. The Bertz CT molecular complexity index is 210. The molecule has 0 N–H and O–H groups in total. The van der Waals surface area contributed by atoms with E-state index >= 15 is 0 Å². The minimum absolute atomic E-state index is 0.374. The molecule has 1 aliphatic rings. The zero-order chi connectivity index (χ0) is 11.3. The molecule has 1 heterocycles. The van der Waals surface area contributed by atoms with Gasteiger partial charge in [0.25, 0.3) is 0 Å². The van der Waals surface area contributed by atoms with Crippen molar-refractivity contribution < 1.29 is 4.74 Å². The van der Waals surface area contributed by atoms with Gasteiger partial charge in [0.15, 0.2) is 0 Å². The van der Waals surface area contributed by atoms with Gasteiger partial charge in [-0.2, -0.15) is 0 Å². The van der Waals surface area contributed by atoms with Crippen molar-refractivity contribution in [1.29, 1.82) is 0 Å². The quantitative estimate of drug-likeness (QED) is 0.652. The molecular weight excluding hydrogens is 188 g/mol. The Morgan fingerprint density at radius 2 is 2.20 bits per heavy atom. The summed E-state index contributed by atoms with van der Waals surface area (Å²) in [6.07, 6.45) is 2.66.